The topological polar surface area (TPSA) is 84.7 Å². The molecular weight excluding hydrogens is 513 g/mol. The molecule has 0 aromatic heterocycles. The molecule has 3 aromatic rings. The molecule has 180 valence electrons. The van der Waals surface area contributed by atoms with Gasteiger partial charge in [-0.15, -0.1) is 0 Å². The summed E-state index contributed by atoms with van der Waals surface area (Å²) in [6.45, 7) is 0.419. The maximum atomic E-state index is 13.3. The van der Waals surface area contributed by atoms with Crippen LogP contribution >= 0.6 is 34.8 Å². The van der Waals surface area contributed by atoms with Gasteiger partial charge in [-0.25, -0.2) is 0 Å². The summed E-state index contributed by atoms with van der Waals surface area (Å²) in [5.41, 5.74) is 1.06. The van der Waals surface area contributed by atoms with E-state index in [0.29, 0.717) is 21.8 Å². The fourth-order valence-electron chi connectivity index (χ4n) is 5.28. The van der Waals surface area contributed by atoms with Crippen LogP contribution < -0.4 is 10.1 Å². The number of nitrogens with zero attached hydrogens (tertiary/aromatic N) is 2. The molecule has 35 heavy (non-hydrogen) atoms. The molecule has 2 aliphatic rings. The molecule has 2 heterocycles. The second kappa shape index (κ2) is 8.99. The molecule has 1 amide bonds. The van der Waals surface area contributed by atoms with Gasteiger partial charge in [-0.2, -0.15) is 0 Å². The van der Waals surface area contributed by atoms with Crippen LogP contribution in [0.5, 0.6) is 5.75 Å². The van der Waals surface area contributed by atoms with Crippen molar-refractivity contribution in [1.29, 1.82) is 0 Å². The molecule has 0 unspecified atom stereocenters. The lowest BCUT2D eigenvalue weighted by atomic mass is 9.79. The fraction of sp³-hybridized carbons (Fsp3) is 0.240. The third kappa shape index (κ3) is 3.74. The van der Waals surface area contributed by atoms with Crippen LogP contribution in [0, 0.1) is 10.1 Å². The number of benzene rings is 3. The largest absolute Gasteiger partial charge is 0.486 e. The first kappa shape index (κ1) is 23.9. The van der Waals surface area contributed by atoms with Crippen LogP contribution in [-0.2, 0) is 16.9 Å². The lowest BCUT2D eigenvalue weighted by Gasteiger charge is -2.30. The molecular formula is C25H20Cl3N3O4. The van der Waals surface area contributed by atoms with Crippen LogP contribution in [0.15, 0.2) is 60.7 Å². The van der Waals surface area contributed by atoms with E-state index in [1.807, 2.05) is 18.2 Å². The molecule has 3 aromatic carbocycles. The number of para-hydroxylation sites is 1. The van der Waals surface area contributed by atoms with Crippen LogP contribution in [0.4, 0.5) is 5.69 Å². The first-order chi connectivity index (χ1) is 16.7. The predicted octanol–water partition coefficient (Wildman–Crippen LogP) is 5.75. The molecule has 0 bridgehead atoms. The second-order valence-corrected chi connectivity index (χ2v) is 9.90. The van der Waals surface area contributed by atoms with Gasteiger partial charge in [-0.3, -0.25) is 19.8 Å². The highest BCUT2D eigenvalue weighted by atomic mass is 35.5. The maximum Gasteiger partial charge on any atom is 0.256 e. The molecule has 3 atom stereocenters. The van der Waals surface area contributed by atoms with E-state index in [2.05, 4.69) is 5.32 Å². The predicted molar refractivity (Wildman–Crippen MR) is 135 cm³/mol. The molecule has 2 aliphatic heterocycles. The zero-order valence-corrected chi connectivity index (χ0v) is 20.8. The SMILES string of the molecule is CN1C[C@H](c2cc(Cl)c(OCc3ccccc3Cl)c(Cl)c2)[C@@H]([N+](=O)[O-])[C@]12C(=O)Nc1ccccc12. The average molecular weight is 533 g/mol. The van der Waals surface area contributed by atoms with E-state index in [4.69, 9.17) is 39.5 Å². The number of halogens is 3. The number of hydrogen-bond acceptors (Lipinski definition) is 5. The van der Waals surface area contributed by atoms with Gasteiger partial charge >= 0.3 is 0 Å². The van der Waals surface area contributed by atoms with Crippen molar-refractivity contribution in [2.75, 3.05) is 18.9 Å². The normalized spacial score (nSPS) is 23.4. The summed E-state index contributed by atoms with van der Waals surface area (Å²) in [6.07, 6.45) is 0. The molecule has 5 rings (SSSR count). The third-order valence-corrected chi connectivity index (χ3v) is 7.75. The minimum absolute atomic E-state index is 0.155. The first-order valence-electron chi connectivity index (χ1n) is 10.9. The Morgan fingerprint density at radius 3 is 2.43 bits per heavy atom. The summed E-state index contributed by atoms with van der Waals surface area (Å²) in [7, 11) is 1.72. The monoisotopic (exact) mass is 531 g/mol. The Balaban J connectivity index is 1.51. The van der Waals surface area contributed by atoms with Gasteiger partial charge in [0.1, 0.15) is 6.61 Å². The van der Waals surface area contributed by atoms with Crippen molar-refractivity contribution in [3.05, 3.63) is 103 Å². The number of likely N-dealkylation sites (N-methyl/N-ethyl adjacent to an activating group) is 1. The molecule has 0 radical (unpaired) electrons. The third-order valence-electron chi connectivity index (χ3n) is 6.82. The van der Waals surface area contributed by atoms with Gasteiger partial charge < -0.3 is 10.1 Å². The van der Waals surface area contributed by atoms with E-state index in [9.17, 15) is 14.9 Å². The van der Waals surface area contributed by atoms with E-state index >= 15 is 0 Å². The molecule has 1 N–H and O–H groups in total. The van der Waals surface area contributed by atoms with E-state index in [-0.39, 0.29) is 33.9 Å². The van der Waals surface area contributed by atoms with E-state index in [1.54, 1.807) is 54.4 Å². The van der Waals surface area contributed by atoms with Gasteiger partial charge in [-0.1, -0.05) is 71.2 Å². The van der Waals surface area contributed by atoms with Crippen LogP contribution in [0.1, 0.15) is 22.6 Å². The zero-order chi connectivity index (χ0) is 24.9. The minimum atomic E-state index is -1.44. The van der Waals surface area contributed by atoms with Crippen LogP contribution in [0.2, 0.25) is 15.1 Å². The Labute approximate surface area is 216 Å². The van der Waals surface area contributed by atoms with Crippen molar-refractivity contribution in [1.82, 2.24) is 4.90 Å². The van der Waals surface area contributed by atoms with E-state index in [1.165, 1.54) is 0 Å². The fourth-order valence-corrected chi connectivity index (χ4v) is 6.08. The number of amides is 1. The standard InChI is InChI=1S/C25H20Cl3N3O4/c1-30-12-16(23(31(33)34)25(30)17-7-3-5-9-21(17)29-24(25)32)15-10-19(27)22(20(28)11-15)35-13-14-6-2-4-8-18(14)26/h2-11,16,23H,12-13H2,1H3,(H,29,32)/t16-,23-,25-/m1/s1. The summed E-state index contributed by atoms with van der Waals surface area (Å²) in [4.78, 5) is 27.1. The number of likely N-dealkylation sites (tertiary alicyclic amines) is 1. The number of anilines is 1. The molecule has 1 saturated heterocycles. The van der Waals surface area contributed by atoms with Crippen molar-refractivity contribution in [2.24, 2.45) is 0 Å². The Kier molecular flexibility index (Phi) is 6.13. The summed E-state index contributed by atoms with van der Waals surface area (Å²) >= 11 is 19.3. The molecule has 0 aliphatic carbocycles. The van der Waals surface area contributed by atoms with Gasteiger partial charge in [0, 0.05) is 33.3 Å². The van der Waals surface area contributed by atoms with Crippen LogP contribution in [0.25, 0.3) is 0 Å². The Morgan fingerprint density at radius 2 is 1.74 bits per heavy atom. The molecule has 1 spiro atoms. The molecule has 10 heteroatoms. The van der Waals surface area contributed by atoms with Crippen molar-refractivity contribution in [3.63, 3.8) is 0 Å². The van der Waals surface area contributed by atoms with Crippen molar-refractivity contribution < 1.29 is 14.5 Å². The summed E-state index contributed by atoms with van der Waals surface area (Å²) in [5, 5.41) is 16.3. The smallest absolute Gasteiger partial charge is 0.256 e. The number of nitrogens with one attached hydrogen (secondary N) is 1. The summed E-state index contributed by atoms with van der Waals surface area (Å²) < 4.78 is 5.85. The Bertz CT molecular complexity index is 1330. The van der Waals surface area contributed by atoms with E-state index in [0.717, 1.165) is 5.56 Å². The number of fused-ring (bicyclic) bond motifs is 2. The quantitative estimate of drug-likeness (QED) is 0.334. The molecule has 0 saturated carbocycles. The summed E-state index contributed by atoms with van der Waals surface area (Å²) in [6, 6.07) is 16.3. The number of carbonyl (C=O) groups excluding carboxylic acids is 1. The number of nitro groups is 1. The molecule has 7 nitrogen and oxygen atoms in total. The highest BCUT2D eigenvalue weighted by Crippen LogP contribution is 2.52. The number of ether oxygens (including phenoxy) is 1. The minimum Gasteiger partial charge on any atom is -0.486 e. The average Bonchev–Trinajstić information content (AvgIpc) is 3.29. The zero-order valence-electron chi connectivity index (χ0n) is 18.5. The van der Waals surface area contributed by atoms with Crippen molar-refractivity contribution in [2.45, 2.75) is 24.1 Å². The lowest BCUT2D eigenvalue weighted by molar-refractivity contribution is -0.534. The van der Waals surface area contributed by atoms with Crippen molar-refractivity contribution in [3.8, 4) is 5.75 Å². The Morgan fingerprint density at radius 1 is 1.09 bits per heavy atom. The maximum absolute atomic E-state index is 13.3. The van der Waals surface area contributed by atoms with Crippen LogP contribution in [-0.4, -0.2) is 35.4 Å². The van der Waals surface area contributed by atoms with Crippen LogP contribution in [0.3, 0.4) is 0 Å². The van der Waals surface area contributed by atoms with Gasteiger partial charge in [0.05, 0.1) is 16.0 Å². The highest BCUT2D eigenvalue weighted by molar-refractivity contribution is 6.37. The van der Waals surface area contributed by atoms with Crippen molar-refractivity contribution >= 4 is 46.4 Å². The first-order valence-corrected chi connectivity index (χ1v) is 12.0. The van der Waals surface area contributed by atoms with Gasteiger partial charge in [0.15, 0.2) is 11.3 Å². The Hall–Kier alpha value is -2.84. The van der Waals surface area contributed by atoms with E-state index < -0.39 is 23.4 Å². The number of carbonyl (C=O) groups is 1. The lowest BCUT2D eigenvalue weighted by Crippen LogP contribution is -2.54. The number of hydrogen-bond donors (Lipinski definition) is 1. The highest BCUT2D eigenvalue weighted by Gasteiger charge is 2.68. The van der Waals surface area contributed by atoms with Gasteiger partial charge in [0.25, 0.3) is 11.9 Å². The number of rotatable bonds is 5. The van der Waals surface area contributed by atoms with Gasteiger partial charge in [-0.05, 0) is 36.9 Å². The summed E-state index contributed by atoms with van der Waals surface area (Å²) in [5.74, 6) is -0.790. The molecule has 1 fully saturated rings. The second-order valence-electron chi connectivity index (χ2n) is 8.68. The van der Waals surface area contributed by atoms with Gasteiger partial charge in [0.2, 0.25) is 0 Å².